The summed E-state index contributed by atoms with van der Waals surface area (Å²) in [6.45, 7) is 7.27. The maximum absolute atomic E-state index is 2.52. The van der Waals surface area contributed by atoms with E-state index in [2.05, 4.69) is 75.4 Å². The molecule has 3 rings (SSSR count). The van der Waals surface area contributed by atoms with Gasteiger partial charge in [-0.25, -0.2) is 0 Å². The minimum Gasteiger partial charge on any atom is -0.0622 e. The molecule has 0 spiro atoms. The molecule has 0 heteroatoms. The Hall–Kier alpha value is -1.56. The van der Waals surface area contributed by atoms with Crippen molar-refractivity contribution in [1.29, 1.82) is 0 Å². The molecule has 0 nitrogen and oxygen atoms in total. The lowest BCUT2D eigenvalue weighted by Crippen LogP contribution is -2.45. The SMILES string of the molecule is Cc1ccccc1C[C@]1(C)CCCC[C@]1(C)c1ccccc1. The Morgan fingerprint density at radius 1 is 0.818 bits per heavy atom. The maximum Gasteiger partial charge on any atom is -0.00183 e. The summed E-state index contributed by atoms with van der Waals surface area (Å²) >= 11 is 0. The van der Waals surface area contributed by atoms with Gasteiger partial charge in [-0.3, -0.25) is 0 Å². The second-order valence-electron chi connectivity index (χ2n) is 7.57. The average Bonchev–Trinajstić information content (AvgIpc) is 2.54. The first-order valence-corrected chi connectivity index (χ1v) is 8.65. The van der Waals surface area contributed by atoms with Gasteiger partial charge < -0.3 is 0 Å². The van der Waals surface area contributed by atoms with Crippen LogP contribution in [0, 0.1) is 12.3 Å². The van der Waals surface area contributed by atoms with Crippen LogP contribution >= 0.6 is 0 Å². The van der Waals surface area contributed by atoms with Crippen molar-refractivity contribution >= 4 is 0 Å². The van der Waals surface area contributed by atoms with Crippen LogP contribution in [0.25, 0.3) is 0 Å². The van der Waals surface area contributed by atoms with Crippen LogP contribution < -0.4 is 0 Å². The molecule has 22 heavy (non-hydrogen) atoms. The van der Waals surface area contributed by atoms with Gasteiger partial charge in [0.05, 0.1) is 0 Å². The van der Waals surface area contributed by atoms with Crippen molar-refractivity contribution in [1.82, 2.24) is 0 Å². The Morgan fingerprint density at radius 3 is 2.18 bits per heavy atom. The van der Waals surface area contributed by atoms with Gasteiger partial charge >= 0.3 is 0 Å². The van der Waals surface area contributed by atoms with Gasteiger partial charge in [-0.15, -0.1) is 0 Å². The van der Waals surface area contributed by atoms with Gasteiger partial charge in [0.25, 0.3) is 0 Å². The molecule has 0 heterocycles. The van der Waals surface area contributed by atoms with Crippen LogP contribution in [0.4, 0.5) is 0 Å². The molecule has 0 unspecified atom stereocenters. The van der Waals surface area contributed by atoms with Gasteiger partial charge in [-0.2, -0.15) is 0 Å². The highest BCUT2D eigenvalue weighted by molar-refractivity contribution is 5.32. The molecule has 0 bridgehead atoms. The quantitative estimate of drug-likeness (QED) is 0.643. The van der Waals surface area contributed by atoms with Crippen molar-refractivity contribution < 1.29 is 0 Å². The van der Waals surface area contributed by atoms with Crippen LogP contribution in [0.1, 0.15) is 56.2 Å². The van der Waals surface area contributed by atoms with E-state index in [4.69, 9.17) is 0 Å². The van der Waals surface area contributed by atoms with E-state index in [0.29, 0.717) is 5.41 Å². The number of hydrogen-bond acceptors (Lipinski definition) is 0. The predicted molar refractivity (Wildman–Crippen MR) is 95.3 cm³/mol. The summed E-state index contributed by atoms with van der Waals surface area (Å²) in [5.41, 5.74) is 5.08. The van der Waals surface area contributed by atoms with Crippen LogP contribution in [0.3, 0.4) is 0 Å². The van der Waals surface area contributed by atoms with Crippen LogP contribution in [-0.2, 0) is 11.8 Å². The molecule has 0 amide bonds. The van der Waals surface area contributed by atoms with Crippen LogP contribution in [0.15, 0.2) is 54.6 Å². The molecule has 0 aromatic heterocycles. The second-order valence-corrected chi connectivity index (χ2v) is 7.57. The minimum atomic E-state index is 0.273. The molecule has 2 aromatic carbocycles. The van der Waals surface area contributed by atoms with E-state index in [9.17, 15) is 0 Å². The van der Waals surface area contributed by atoms with E-state index in [1.54, 1.807) is 0 Å². The number of aryl methyl sites for hydroxylation is 1. The standard InChI is InChI=1S/C22H28/c1-18-11-7-8-12-19(18)17-21(2)15-9-10-16-22(21,3)20-13-5-4-6-14-20/h4-8,11-14H,9-10,15-17H2,1-3H3/t21-,22+/m0/s1. The largest absolute Gasteiger partial charge is 0.0622 e. The summed E-state index contributed by atoms with van der Waals surface area (Å²) in [5, 5.41) is 0. The molecule has 0 saturated heterocycles. The lowest BCUT2D eigenvalue weighted by Gasteiger charge is -2.51. The summed E-state index contributed by atoms with van der Waals surface area (Å²) in [7, 11) is 0. The van der Waals surface area contributed by atoms with Crippen molar-refractivity contribution in [3.63, 3.8) is 0 Å². The van der Waals surface area contributed by atoms with Gasteiger partial charge in [0.15, 0.2) is 0 Å². The van der Waals surface area contributed by atoms with Crippen molar-refractivity contribution in [2.75, 3.05) is 0 Å². The topological polar surface area (TPSA) is 0 Å². The first kappa shape index (κ1) is 15.3. The van der Waals surface area contributed by atoms with Crippen LogP contribution in [0.2, 0.25) is 0 Å². The van der Waals surface area contributed by atoms with E-state index in [1.807, 2.05) is 0 Å². The second kappa shape index (κ2) is 5.91. The molecule has 2 aromatic rings. The molecular weight excluding hydrogens is 264 g/mol. The van der Waals surface area contributed by atoms with Gasteiger partial charge in [-0.1, -0.05) is 81.3 Å². The van der Waals surface area contributed by atoms with E-state index in [1.165, 1.54) is 48.8 Å². The molecule has 0 N–H and O–H groups in total. The molecular formula is C22H28. The summed E-state index contributed by atoms with van der Waals surface area (Å²) in [4.78, 5) is 0. The molecule has 1 fully saturated rings. The van der Waals surface area contributed by atoms with Crippen molar-refractivity contribution in [3.05, 3.63) is 71.3 Å². The zero-order valence-electron chi connectivity index (χ0n) is 14.2. The molecule has 0 radical (unpaired) electrons. The maximum atomic E-state index is 2.52. The number of benzene rings is 2. The smallest absolute Gasteiger partial charge is 0.00183 e. The van der Waals surface area contributed by atoms with Gasteiger partial charge in [0.2, 0.25) is 0 Å². The molecule has 116 valence electrons. The number of rotatable bonds is 3. The van der Waals surface area contributed by atoms with Crippen LogP contribution in [-0.4, -0.2) is 0 Å². The van der Waals surface area contributed by atoms with Crippen LogP contribution in [0.5, 0.6) is 0 Å². The molecule has 1 aliphatic carbocycles. The Labute approximate surface area is 135 Å². The number of hydrogen-bond donors (Lipinski definition) is 0. The zero-order valence-corrected chi connectivity index (χ0v) is 14.2. The summed E-state index contributed by atoms with van der Waals surface area (Å²) < 4.78 is 0. The monoisotopic (exact) mass is 292 g/mol. The third-order valence-corrected chi connectivity index (χ3v) is 6.24. The van der Waals surface area contributed by atoms with Crippen molar-refractivity contribution in [3.8, 4) is 0 Å². The Balaban J connectivity index is 2.00. The van der Waals surface area contributed by atoms with E-state index >= 15 is 0 Å². The minimum absolute atomic E-state index is 0.273. The first-order chi connectivity index (χ1) is 10.6. The fourth-order valence-electron chi connectivity index (χ4n) is 4.38. The van der Waals surface area contributed by atoms with E-state index < -0.39 is 0 Å². The fourth-order valence-corrected chi connectivity index (χ4v) is 4.38. The Morgan fingerprint density at radius 2 is 1.45 bits per heavy atom. The van der Waals surface area contributed by atoms with Crippen molar-refractivity contribution in [2.45, 2.75) is 58.3 Å². The average molecular weight is 292 g/mol. The van der Waals surface area contributed by atoms with Gasteiger partial charge in [0.1, 0.15) is 0 Å². The zero-order chi connectivity index (χ0) is 15.6. The highest BCUT2D eigenvalue weighted by Gasteiger charge is 2.47. The summed E-state index contributed by atoms with van der Waals surface area (Å²) in [6, 6.07) is 20.1. The molecule has 2 atom stereocenters. The Kier molecular flexibility index (Phi) is 4.12. The highest BCUT2D eigenvalue weighted by Crippen LogP contribution is 2.53. The van der Waals surface area contributed by atoms with Crippen molar-refractivity contribution in [2.24, 2.45) is 5.41 Å². The van der Waals surface area contributed by atoms with Gasteiger partial charge in [-0.05, 0) is 53.7 Å². The lowest BCUT2D eigenvalue weighted by atomic mass is 9.53. The fraction of sp³-hybridized carbons (Fsp3) is 0.455. The van der Waals surface area contributed by atoms with Gasteiger partial charge in [0, 0.05) is 0 Å². The third kappa shape index (κ3) is 2.60. The Bertz CT molecular complexity index is 627. The van der Waals surface area contributed by atoms with E-state index in [0.717, 1.165) is 0 Å². The molecule has 0 aliphatic heterocycles. The summed E-state index contributed by atoms with van der Waals surface area (Å²) in [6.07, 6.45) is 6.54. The third-order valence-electron chi connectivity index (χ3n) is 6.24. The first-order valence-electron chi connectivity index (χ1n) is 8.65. The molecule has 1 saturated carbocycles. The highest BCUT2D eigenvalue weighted by atomic mass is 14.5. The summed E-state index contributed by atoms with van der Waals surface area (Å²) in [5.74, 6) is 0. The predicted octanol–water partition coefficient (Wildman–Crippen LogP) is 6.08. The van der Waals surface area contributed by atoms with E-state index in [-0.39, 0.29) is 5.41 Å². The lowest BCUT2D eigenvalue weighted by molar-refractivity contribution is 0.0878. The molecule has 1 aliphatic rings. The normalized spacial score (nSPS) is 28.5.